The molecule has 6 heteroatoms. The second-order valence-corrected chi connectivity index (χ2v) is 6.55. The topological polar surface area (TPSA) is 72.2 Å². The van der Waals surface area contributed by atoms with Crippen molar-refractivity contribution in [3.8, 4) is 0 Å². The lowest BCUT2D eigenvalue weighted by atomic mass is 10.1. The SMILES string of the molecule is CCCCCCCCNS(=O)(=O)c1cccc(F)c1N. The molecular formula is C14H23FN2O2S. The van der Waals surface area contributed by atoms with Crippen LogP contribution in [0, 0.1) is 5.82 Å². The molecule has 0 aliphatic rings. The van der Waals surface area contributed by atoms with Crippen molar-refractivity contribution in [1.82, 2.24) is 4.72 Å². The fourth-order valence-corrected chi connectivity index (χ4v) is 3.15. The Kier molecular flexibility index (Phi) is 6.95. The molecular weight excluding hydrogens is 279 g/mol. The van der Waals surface area contributed by atoms with Crippen LogP contribution in [0.5, 0.6) is 0 Å². The monoisotopic (exact) mass is 302 g/mol. The Balaban J connectivity index is 2.44. The van der Waals surface area contributed by atoms with Crippen molar-refractivity contribution in [2.45, 2.75) is 50.3 Å². The fourth-order valence-electron chi connectivity index (χ4n) is 1.94. The molecule has 0 spiro atoms. The number of anilines is 1. The minimum Gasteiger partial charge on any atom is -0.395 e. The number of rotatable bonds is 9. The van der Waals surface area contributed by atoms with Crippen LogP contribution in [0.3, 0.4) is 0 Å². The van der Waals surface area contributed by atoms with Crippen LogP contribution in [0.2, 0.25) is 0 Å². The zero-order valence-electron chi connectivity index (χ0n) is 11.9. The van der Waals surface area contributed by atoms with E-state index in [0.29, 0.717) is 6.54 Å². The van der Waals surface area contributed by atoms with Gasteiger partial charge in [-0.15, -0.1) is 0 Å². The highest BCUT2D eigenvalue weighted by Crippen LogP contribution is 2.20. The lowest BCUT2D eigenvalue weighted by molar-refractivity contribution is 0.566. The first-order valence-electron chi connectivity index (χ1n) is 7.02. The molecule has 0 fully saturated rings. The largest absolute Gasteiger partial charge is 0.395 e. The average molecular weight is 302 g/mol. The third-order valence-corrected chi connectivity index (χ3v) is 4.64. The summed E-state index contributed by atoms with van der Waals surface area (Å²) >= 11 is 0. The van der Waals surface area contributed by atoms with E-state index in [4.69, 9.17) is 5.73 Å². The first-order valence-corrected chi connectivity index (χ1v) is 8.51. The van der Waals surface area contributed by atoms with Crippen LogP contribution < -0.4 is 10.5 Å². The van der Waals surface area contributed by atoms with Gasteiger partial charge in [0.05, 0.1) is 5.69 Å². The molecule has 0 bridgehead atoms. The van der Waals surface area contributed by atoms with Gasteiger partial charge in [0.15, 0.2) is 0 Å². The smallest absolute Gasteiger partial charge is 0.242 e. The van der Waals surface area contributed by atoms with E-state index in [1.165, 1.54) is 31.4 Å². The number of nitrogens with two attached hydrogens (primary N) is 1. The number of para-hydroxylation sites is 1. The van der Waals surface area contributed by atoms with E-state index in [-0.39, 0.29) is 10.6 Å². The van der Waals surface area contributed by atoms with Gasteiger partial charge in [0.25, 0.3) is 0 Å². The van der Waals surface area contributed by atoms with Gasteiger partial charge < -0.3 is 5.73 Å². The predicted octanol–water partition coefficient (Wildman–Crippen LogP) is 3.05. The molecule has 0 aromatic heterocycles. The molecule has 0 unspecified atom stereocenters. The van der Waals surface area contributed by atoms with Crippen LogP contribution in [0.15, 0.2) is 23.1 Å². The third-order valence-electron chi connectivity index (χ3n) is 3.12. The minimum absolute atomic E-state index is 0.191. The number of hydrogen-bond donors (Lipinski definition) is 2. The van der Waals surface area contributed by atoms with Gasteiger partial charge in [-0.05, 0) is 18.6 Å². The highest BCUT2D eigenvalue weighted by molar-refractivity contribution is 7.89. The Morgan fingerprint density at radius 2 is 1.80 bits per heavy atom. The van der Waals surface area contributed by atoms with Crippen LogP contribution in [-0.2, 0) is 10.0 Å². The molecule has 0 radical (unpaired) electrons. The van der Waals surface area contributed by atoms with Crippen LogP contribution >= 0.6 is 0 Å². The van der Waals surface area contributed by atoms with E-state index >= 15 is 0 Å². The highest BCUT2D eigenvalue weighted by atomic mass is 32.2. The van der Waals surface area contributed by atoms with Crippen LogP contribution in [-0.4, -0.2) is 15.0 Å². The zero-order valence-corrected chi connectivity index (χ0v) is 12.7. The highest BCUT2D eigenvalue weighted by Gasteiger charge is 2.18. The summed E-state index contributed by atoms with van der Waals surface area (Å²) in [6.45, 7) is 2.50. The van der Waals surface area contributed by atoms with Crippen molar-refractivity contribution in [3.05, 3.63) is 24.0 Å². The van der Waals surface area contributed by atoms with Crippen molar-refractivity contribution in [2.75, 3.05) is 12.3 Å². The summed E-state index contributed by atoms with van der Waals surface area (Å²) in [5.41, 5.74) is 5.13. The van der Waals surface area contributed by atoms with Crippen molar-refractivity contribution in [1.29, 1.82) is 0 Å². The molecule has 0 saturated heterocycles. The number of sulfonamides is 1. The van der Waals surface area contributed by atoms with Crippen LogP contribution in [0.1, 0.15) is 45.4 Å². The van der Waals surface area contributed by atoms with Gasteiger partial charge in [0.1, 0.15) is 10.7 Å². The molecule has 1 aromatic carbocycles. The Morgan fingerprint density at radius 3 is 2.50 bits per heavy atom. The molecule has 0 atom stereocenters. The summed E-state index contributed by atoms with van der Waals surface area (Å²) < 4.78 is 39.7. The third kappa shape index (κ3) is 5.09. The Morgan fingerprint density at radius 1 is 1.15 bits per heavy atom. The summed E-state index contributed by atoms with van der Waals surface area (Å²) in [7, 11) is -3.73. The molecule has 0 aliphatic carbocycles. The normalized spacial score (nSPS) is 11.7. The Bertz CT molecular complexity index is 518. The Labute approximate surface area is 120 Å². The second kappa shape index (κ2) is 8.21. The van der Waals surface area contributed by atoms with Crippen LogP contribution in [0.4, 0.5) is 10.1 Å². The fraction of sp³-hybridized carbons (Fsp3) is 0.571. The van der Waals surface area contributed by atoms with E-state index < -0.39 is 15.8 Å². The minimum atomic E-state index is -3.73. The van der Waals surface area contributed by atoms with E-state index in [9.17, 15) is 12.8 Å². The summed E-state index contributed by atoms with van der Waals surface area (Å²) in [5.74, 6) is -0.715. The molecule has 4 nitrogen and oxygen atoms in total. The molecule has 3 N–H and O–H groups in total. The number of hydrogen-bond acceptors (Lipinski definition) is 3. The van der Waals surface area contributed by atoms with Gasteiger partial charge in [-0.25, -0.2) is 17.5 Å². The molecule has 20 heavy (non-hydrogen) atoms. The summed E-state index contributed by atoms with van der Waals surface area (Å²) in [5, 5.41) is 0. The van der Waals surface area contributed by atoms with Crippen molar-refractivity contribution < 1.29 is 12.8 Å². The zero-order chi connectivity index (χ0) is 15.0. The number of nitrogens with one attached hydrogen (secondary N) is 1. The molecule has 1 aromatic rings. The molecule has 114 valence electrons. The predicted molar refractivity (Wildman–Crippen MR) is 79.4 cm³/mol. The van der Waals surface area contributed by atoms with E-state index in [1.54, 1.807) is 0 Å². The summed E-state index contributed by atoms with van der Waals surface area (Å²) in [4.78, 5) is -0.191. The standard InChI is InChI=1S/C14H23FN2O2S/c1-2-3-4-5-6-7-11-17-20(18,19)13-10-8-9-12(15)14(13)16/h8-10,17H,2-7,11,16H2,1H3. The second-order valence-electron chi connectivity index (χ2n) is 4.82. The summed E-state index contributed by atoms with van der Waals surface area (Å²) in [6.07, 6.45) is 6.45. The maximum atomic E-state index is 13.3. The van der Waals surface area contributed by atoms with Gasteiger partial charge in [-0.1, -0.05) is 45.1 Å². The van der Waals surface area contributed by atoms with Crippen LogP contribution in [0.25, 0.3) is 0 Å². The van der Waals surface area contributed by atoms with Crippen molar-refractivity contribution in [3.63, 3.8) is 0 Å². The van der Waals surface area contributed by atoms with Crippen molar-refractivity contribution in [2.24, 2.45) is 0 Å². The molecule has 0 saturated carbocycles. The van der Waals surface area contributed by atoms with Gasteiger partial charge in [0, 0.05) is 6.54 Å². The number of unbranched alkanes of at least 4 members (excludes halogenated alkanes) is 5. The van der Waals surface area contributed by atoms with E-state index in [0.717, 1.165) is 25.3 Å². The van der Waals surface area contributed by atoms with E-state index in [1.807, 2.05) is 0 Å². The molecule has 1 rings (SSSR count). The maximum absolute atomic E-state index is 13.3. The lowest BCUT2D eigenvalue weighted by Crippen LogP contribution is -2.25. The van der Waals surface area contributed by atoms with Crippen molar-refractivity contribution >= 4 is 15.7 Å². The molecule has 0 heterocycles. The number of nitrogen functional groups attached to an aromatic ring is 1. The molecule has 0 amide bonds. The first kappa shape index (κ1) is 16.9. The summed E-state index contributed by atoms with van der Waals surface area (Å²) in [6, 6.07) is 3.79. The van der Waals surface area contributed by atoms with Gasteiger partial charge in [-0.3, -0.25) is 0 Å². The average Bonchev–Trinajstić information content (AvgIpc) is 2.40. The van der Waals surface area contributed by atoms with Gasteiger partial charge >= 0.3 is 0 Å². The number of benzene rings is 1. The van der Waals surface area contributed by atoms with Gasteiger partial charge in [-0.2, -0.15) is 0 Å². The van der Waals surface area contributed by atoms with Gasteiger partial charge in [0.2, 0.25) is 10.0 Å². The van der Waals surface area contributed by atoms with E-state index in [2.05, 4.69) is 11.6 Å². The maximum Gasteiger partial charge on any atom is 0.242 e. The lowest BCUT2D eigenvalue weighted by Gasteiger charge is -2.09. The molecule has 0 aliphatic heterocycles. The number of halogens is 1. The Hall–Kier alpha value is -1.14. The first-order chi connectivity index (χ1) is 9.49. The quantitative estimate of drug-likeness (QED) is 0.544.